The van der Waals surface area contributed by atoms with Crippen molar-refractivity contribution in [2.24, 2.45) is 4.99 Å². The van der Waals surface area contributed by atoms with Crippen LogP contribution in [-0.2, 0) is 12.8 Å². The van der Waals surface area contributed by atoms with Crippen LogP contribution in [0.25, 0.3) is 0 Å². The number of halogens is 2. The average molecular weight is 442 g/mol. The van der Waals surface area contributed by atoms with Gasteiger partial charge in [0.15, 0.2) is 5.96 Å². The van der Waals surface area contributed by atoms with Gasteiger partial charge in [-0.25, -0.2) is 4.39 Å². The predicted molar refractivity (Wildman–Crippen MR) is 107 cm³/mol. The van der Waals surface area contributed by atoms with Crippen molar-refractivity contribution < 1.29 is 4.39 Å². The fourth-order valence-electron chi connectivity index (χ4n) is 2.19. The molecule has 4 nitrogen and oxygen atoms in total. The highest BCUT2D eigenvalue weighted by molar-refractivity contribution is 14.0. The number of hydrogen-bond donors (Lipinski definition) is 2. The average Bonchev–Trinajstić information content (AvgIpc) is 2.56. The van der Waals surface area contributed by atoms with Crippen molar-refractivity contribution >= 4 is 29.9 Å². The Morgan fingerprint density at radius 2 is 2.00 bits per heavy atom. The zero-order chi connectivity index (χ0) is 16.3. The monoisotopic (exact) mass is 442 g/mol. The Morgan fingerprint density at radius 3 is 2.71 bits per heavy atom. The normalized spacial score (nSPS) is 10.8. The van der Waals surface area contributed by atoms with Gasteiger partial charge in [0.2, 0.25) is 0 Å². The zero-order valence-electron chi connectivity index (χ0n) is 13.8. The summed E-state index contributed by atoms with van der Waals surface area (Å²) in [5.41, 5.74) is 2.01. The van der Waals surface area contributed by atoms with Crippen LogP contribution in [0.15, 0.2) is 53.7 Å². The molecule has 0 unspecified atom stereocenters. The molecule has 0 bridgehead atoms. The van der Waals surface area contributed by atoms with Gasteiger partial charge in [-0.15, -0.1) is 24.0 Å². The maximum atomic E-state index is 13.1. The van der Waals surface area contributed by atoms with Gasteiger partial charge in [0.05, 0.1) is 0 Å². The Hall–Kier alpha value is -1.70. The number of aliphatic imine (C=N–C) groups is 1. The minimum atomic E-state index is -0.196. The van der Waals surface area contributed by atoms with E-state index in [4.69, 9.17) is 0 Å². The predicted octanol–water partition coefficient (Wildman–Crippen LogP) is 3.18. The largest absolute Gasteiger partial charge is 0.357 e. The van der Waals surface area contributed by atoms with Crippen molar-refractivity contribution in [1.82, 2.24) is 15.6 Å². The first-order valence-electron chi connectivity index (χ1n) is 7.94. The lowest BCUT2D eigenvalue weighted by atomic mass is 10.1. The molecule has 0 atom stereocenters. The van der Waals surface area contributed by atoms with Crippen molar-refractivity contribution in [1.29, 1.82) is 0 Å². The van der Waals surface area contributed by atoms with E-state index in [1.165, 1.54) is 6.07 Å². The van der Waals surface area contributed by atoms with Crippen LogP contribution >= 0.6 is 24.0 Å². The molecule has 0 aliphatic rings. The third kappa shape index (κ3) is 7.72. The van der Waals surface area contributed by atoms with Crippen molar-refractivity contribution in [3.8, 4) is 0 Å². The van der Waals surface area contributed by atoms with Crippen molar-refractivity contribution in [2.75, 3.05) is 19.6 Å². The Balaban J connectivity index is 0.00000288. The smallest absolute Gasteiger partial charge is 0.191 e. The second-order valence-electron chi connectivity index (χ2n) is 5.14. The minimum absolute atomic E-state index is 0. The van der Waals surface area contributed by atoms with Crippen LogP contribution in [0.3, 0.4) is 0 Å². The third-order valence-electron chi connectivity index (χ3n) is 3.30. The van der Waals surface area contributed by atoms with Gasteiger partial charge in [0, 0.05) is 37.9 Å². The van der Waals surface area contributed by atoms with Crippen LogP contribution < -0.4 is 10.6 Å². The molecule has 1 heterocycles. The fraction of sp³-hybridized carbons (Fsp3) is 0.333. The molecule has 2 rings (SSSR count). The highest BCUT2D eigenvalue weighted by atomic mass is 127. The zero-order valence-corrected chi connectivity index (χ0v) is 16.2. The van der Waals surface area contributed by atoms with Crippen molar-refractivity contribution in [3.63, 3.8) is 0 Å². The number of rotatable bonds is 7. The van der Waals surface area contributed by atoms with E-state index in [2.05, 4.69) is 20.6 Å². The van der Waals surface area contributed by atoms with E-state index in [0.29, 0.717) is 13.1 Å². The van der Waals surface area contributed by atoms with E-state index in [1.54, 1.807) is 18.3 Å². The molecule has 0 aliphatic carbocycles. The number of aromatic nitrogens is 1. The number of benzene rings is 1. The SMILES string of the molecule is CCNC(=NCCc1ccccn1)NCCc1cccc(F)c1.I. The lowest BCUT2D eigenvalue weighted by Crippen LogP contribution is -2.38. The molecule has 0 radical (unpaired) electrons. The standard InChI is InChI=1S/C18H23FN4.HI/c1-2-20-18(23-13-10-17-8-3-4-11-21-17)22-12-9-15-6-5-7-16(19)14-15;/h3-8,11,14H,2,9-10,12-13H2,1H3,(H2,20,22,23);1H. The van der Waals surface area contributed by atoms with Gasteiger partial charge < -0.3 is 10.6 Å². The Morgan fingerprint density at radius 1 is 1.12 bits per heavy atom. The number of nitrogens with zero attached hydrogens (tertiary/aromatic N) is 2. The van der Waals surface area contributed by atoms with Crippen LogP contribution in [0.4, 0.5) is 4.39 Å². The molecule has 2 aromatic rings. The Kier molecular flexibility index (Phi) is 9.98. The summed E-state index contributed by atoms with van der Waals surface area (Å²) in [6.07, 6.45) is 3.35. The van der Waals surface area contributed by atoms with Crippen LogP contribution in [0, 0.1) is 5.82 Å². The quantitative estimate of drug-likeness (QED) is 0.394. The Labute approximate surface area is 160 Å². The van der Waals surface area contributed by atoms with E-state index >= 15 is 0 Å². The van der Waals surface area contributed by atoms with E-state index in [9.17, 15) is 4.39 Å². The molecular weight excluding hydrogens is 418 g/mol. The second-order valence-corrected chi connectivity index (χ2v) is 5.14. The third-order valence-corrected chi connectivity index (χ3v) is 3.30. The molecule has 1 aromatic heterocycles. The van der Waals surface area contributed by atoms with E-state index in [0.717, 1.165) is 36.6 Å². The summed E-state index contributed by atoms with van der Waals surface area (Å²) in [5, 5.41) is 6.48. The minimum Gasteiger partial charge on any atom is -0.357 e. The molecule has 2 N–H and O–H groups in total. The molecular formula is C18H24FIN4. The maximum absolute atomic E-state index is 13.1. The van der Waals surface area contributed by atoms with Crippen LogP contribution in [-0.4, -0.2) is 30.6 Å². The highest BCUT2D eigenvalue weighted by Crippen LogP contribution is 2.03. The lowest BCUT2D eigenvalue weighted by Gasteiger charge is -2.11. The van der Waals surface area contributed by atoms with Crippen molar-refractivity contribution in [2.45, 2.75) is 19.8 Å². The molecule has 1 aromatic carbocycles. The van der Waals surface area contributed by atoms with Gasteiger partial charge in [0.25, 0.3) is 0 Å². The topological polar surface area (TPSA) is 49.3 Å². The van der Waals surface area contributed by atoms with E-state index in [1.807, 2.05) is 31.2 Å². The Bertz CT molecular complexity index is 619. The molecule has 0 fully saturated rings. The molecule has 130 valence electrons. The molecule has 0 amide bonds. The molecule has 0 spiro atoms. The summed E-state index contributed by atoms with van der Waals surface area (Å²) in [6, 6.07) is 12.6. The number of nitrogens with one attached hydrogen (secondary N) is 2. The summed E-state index contributed by atoms with van der Waals surface area (Å²) in [4.78, 5) is 8.82. The first-order chi connectivity index (χ1) is 11.3. The van der Waals surface area contributed by atoms with Crippen LogP contribution in [0.2, 0.25) is 0 Å². The lowest BCUT2D eigenvalue weighted by molar-refractivity contribution is 0.625. The van der Waals surface area contributed by atoms with Gasteiger partial charge >= 0.3 is 0 Å². The van der Waals surface area contributed by atoms with Gasteiger partial charge in [-0.3, -0.25) is 9.98 Å². The van der Waals surface area contributed by atoms with Gasteiger partial charge in [-0.2, -0.15) is 0 Å². The molecule has 6 heteroatoms. The van der Waals surface area contributed by atoms with E-state index in [-0.39, 0.29) is 29.8 Å². The molecule has 24 heavy (non-hydrogen) atoms. The maximum Gasteiger partial charge on any atom is 0.191 e. The summed E-state index contributed by atoms with van der Waals surface area (Å²) < 4.78 is 13.1. The van der Waals surface area contributed by atoms with Crippen LogP contribution in [0.5, 0.6) is 0 Å². The first kappa shape index (κ1) is 20.3. The van der Waals surface area contributed by atoms with E-state index < -0.39 is 0 Å². The molecule has 0 saturated carbocycles. The second kappa shape index (κ2) is 11.8. The number of hydrogen-bond acceptors (Lipinski definition) is 2. The number of pyridine rings is 1. The fourth-order valence-corrected chi connectivity index (χ4v) is 2.19. The van der Waals surface area contributed by atoms with Gasteiger partial charge in [-0.1, -0.05) is 18.2 Å². The van der Waals surface area contributed by atoms with Crippen molar-refractivity contribution in [3.05, 3.63) is 65.7 Å². The van der Waals surface area contributed by atoms with Gasteiger partial charge in [0.1, 0.15) is 5.82 Å². The summed E-state index contributed by atoms with van der Waals surface area (Å²) in [7, 11) is 0. The summed E-state index contributed by atoms with van der Waals surface area (Å²) in [5.74, 6) is 0.582. The highest BCUT2D eigenvalue weighted by Gasteiger charge is 1.99. The number of guanidine groups is 1. The van der Waals surface area contributed by atoms with Crippen LogP contribution in [0.1, 0.15) is 18.2 Å². The summed E-state index contributed by atoms with van der Waals surface area (Å²) >= 11 is 0. The van der Waals surface area contributed by atoms with Gasteiger partial charge in [-0.05, 0) is 43.2 Å². The molecule has 0 saturated heterocycles. The molecule has 0 aliphatic heterocycles. The summed E-state index contributed by atoms with van der Waals surface area (Å²) in [6.45, 7) is 4.21. The first-order valence-corrected chi connectivity index (χ1v) is 7.94.